The molecule has 4 heteroatoms. The molecule has 0 bridgehead atoms. The van der Waals surface area contributed by atoms with Crippen molar-refractivity contribution in [2.75, 3.05) is 6.61 Å². The number of aryl methyl sites for hydroxylation is 2. The van der Waals surface area contributed by atoms with Crippen LogP contribution in [0, 0.1) is 13.8 Å². The van der Waals surface area contributed by atoms with E-state index in [2.05, 4.69) is 18.7 Å². The number of ether oxygens (including phenoxy) is 1. The molecule has 2 heterocycles. The summed E-state index contributed by atoms with van der Waals surface area (Å²) in [6.07, 6.45) is 2.35. The molecule has 94 valence electrons. The van der Waals surface area contributed by atoms with Crippen LogP contribution in [0.1, 0.15) is 29.7 Å². The van der Waals surface area contributed by atoms with E-state index < -0.39 is 0 Å². The number of hydrogen-bond acceptors (Lipinski definition) is 3. The highest BCUT2D eigenvalue weighted by atomic mass is 32.1. The summed E-state index contributed by atoms with van der Waals surface area (Å²) < 4.78 is 7.42. The SMILES string of the molecule is Cc1cc(C)n(CC2CCCO2)c(=O)c1CS. The van der Waals surface area contributed by atoms with Gasteiger partial charge in [-0.05, 0) is 38.3 Å². The summed E-state index contributed by atoms with van der Waals surface area (Å²) in [4.78, 5) is 12.3. The first-order valence-corrected chi connectivity index (χ1v) is 6.69. The number of nitrogens with zero attached hydrogens (tertiary/aromatic N) is 1. The molecule has 1 saturated heterocycles. The zero-order valence-corrected chi connectivity index (χ0v) is 11.3. The molecule has 1 fully saturated rings. The standard InChI is InChI=1S/C13H19NO2S/c1-9-6-10(2)14(13(15)12(9)8-17)7-11-4-3-5-16-11/h6,11,17H,3-5,7-8H2,1-2H3. The first-order chi connectivity index (χ1) is 8.13. The summed E-state index contributed by atoms with van der Waals surface area (Å²) in [5.74, 6) is 0.496. The van der Waals surface area contributed by atoms with E-state index in [1.807, 2.05) is 18.4 Å². The van der Waals surface area contributed by atoms with Gasteiger partial charge in [0.2, 0.25) is 0 Å². The van der Waals surface area contributed by atoms with Crippen LogP contribution in [0.2, 0.25) is 0 Å². The monoisotopic (exact) mass is 253 g/mol. The van der Waals surface area contributed by atoms with Gasteiger partial charge in [-0.2, -0.15) is 12.6 Å². The topological polar surface area (TPSA) is 31.2 Å². The zero-order valence-electron chi connectivity index (χ0n) is 10.4. The Balaban J connectivity index is 2.35. The Labute approximate surface area is 107 Å². The van der Waals surface area contributed by atoms with Gasteiger partial charge in [-0.3, -0.25) is 4.79 Å². The van der Waals surface area contributed by atoms with E-state index in [0.717, 1.165) is 36.3 Å². The van der Waals surface area contributed by atoms with E-state index in [-0.39, 0.29) is 11.7 Å². The van der Waals surface area contributed by atoms with Crippen LogP contribution in [-0.2, 0) is 17.0 Å². The third-order valence-electron chi connectivity index (χ3n) is 3.40. The van der Waals surface area contributed by atoms with Crippen molar-refractivity contribution >= 4 is 12.6 Å². The lowest BCUT2D eigenvalue weighted by Gasteiger charge is -2.17. The number of rotatable bonds is 3. The van der Waals surface area contributed by atoms with Crippen LogP contribution in [0.4, 0.5) is 0 Å². The Hall–Kier alpha value is -0.740. The van der Waals surface area contributed by atoms with Gasteiger partial charge < -0.3 is 9.30 Å². The third kappa shape index (κ3) is 2.58. The molecule has 1 unspecified atom stereocenters. The molecule has 1 aliphatic heterocycles. The van der Waals surface area contributed by atoms with E-state index in [1.165, 1.54) is 0 Å². The fraction of sp³-hybridized carbons (Fsp3) is 0.615. The summed E-state index contributed by atoms with van der Waals surface area (Å²) in [7, 11) is 0. The van der Waals surface area contributed by atoms with Gasteiger partial charge in [-0.25, -0.2) is 0 Å². The molecule has 3 nitrogen and oxygen atoms in total. The predicted molar refractivity (Wildman–Crippen MR) is 71.8 cm³/mol. The summed E-state index contributed by atoms with van der Waals surface area (Å²) in [6, 6.07) is 2.06. The fourth-order valence-corrected chi connectivity index (χ4v) is 2.77. The van der Waals surface area contributed by atoms with Crippen LogP contribution in [0.5, 0.6) is 0 Å². The van der Waals surface area contributed by atoms with Gasteiger partial charge in [0.15, 0.2) is 0 Å². The predicted octanol–water partition coefficient (Wildman–Crippen LogP) is 2.07. The minimum absolute atomic E-state index is 0.0907. The number of thiol groups is 1. The second kappa shape index (κ2) is 5.27. The van der Waals surface area contributed by atoms with Crippen LogP contribution in [-0.4, -0.2) is 17.3 Å². The Morgan fingerprint density at radius 2 is 2.29 bits per heavy atom. The van der Waals surface area contributed by atoms with Crippen molar-refractivity contribution in [1.29, 1.82) is 0 Å². The van der Waals surface area contributed by atoms with E-state index in [9.17, 15) is 4.79 Å². The van der Waals surface area contributed by atoms with Crippen LogP contribution in [0.25, 0.3) is 0 Å². The minimum atomic E-state index is 0.0907. The van der Waals surface area contributed by atoms with Gasteiger partial charge in [0.05, 0.1) is 12.6 Å². The first kappa shape index (κ1) is 12.7. The van der Waals surface area contributed by atoms with Crippen LogP contribution in [0.3, 0.4) is 0 Å². The molecule has 0 aliphatic carbocycles. The number of pyridine rings is 1. The van der Waals surface area contributed by atoms with Crippen molar-refractivity contribution in [3.05, 3.63) is 33.2 Å². The molecule has 0 amide bonds. The second-order valence-electron chi connectivity index (χ2n) is 4.66. The highest BCUT2D eigenvalue weighted by Gasteiger charge is 2.18. The van der Waals surface area contributed by atoms with E-state index >= 15 is 0 Å². The largest absolute Gasteiger partial charge is 0.376 e. The molecular formula is C13H19NO2S. The summed E-state index contributed by atoms with van der Waals surface area (Å²) in [5, 5.41) is 0. The quantitative estimate of drug-likeness (QED) is 0.836. The Kier molecular flexibility index (Phi) is 3.94. The fourth-order valence-electron chi connectivity index (χ4n) is 2.38. The van der Waals surface area contributed by atoms with Crippen LogP contribution < -0.4 is 5.56 Å². The van der Waals surface area contributed by atoms with Gasteiger partial charge in [0, 0.05) is 23.6 Å². The number of aromatic nitrogens is 1. The normalized spacial score (nSPS) is 19.8. The first-order valence-electron chi connectivity index (χ1n) is 6.06. The number of hydrogen-bond donors (Lipinski definition) is 1. The third-order valence-corrected chi connectivity index (χ3v) is 3.72. The summed E-state index contributed by atoms with van der Waals surface area (Å²) in [6.45, 7) is 5.44. The summed E-state index contributed by atoms with van der Waals surface area (Å²) >= 11 is 4.24. The Morgan fingerprint density at radius 3 is 2.88 bits per heavy atom. The average molecular weight is 253 g/mol. The van der Waals surface area contributed by atoms with Gasteiger partial charge in [-0.1, -0.05) is 0 Å². The molecule has 0 saturated carbocycles. The van der Waals surface area contributed by atoms with Crippen molar-refractivity contribution < 1.29 is 4.74 Å². The van der Waals surface area contributed by atoms with Crippen molar-refractivity contribution in [2.45, 2.75) is 45.1 Å². The molecule has 1 aromatic heterocycles. The maximum atomic E-state index is 12.3. The van der Waals surface area contributed by atoms with Crippen LogP contribution in [0.15, 0.2) is 10.9 Å². The molecule has 1 atom stereocenters. The van der Waals surface area contributed by atoms with E-state index in [1.54, 1.807) is 0 Å². The lowest BCUT2D eigenvalue weighted by atomic mass is 10.1. The molecule has 0 aromatic carbocycles. The zero-order chi connectivity index (χ0) is 12.4. The smallest absolute Gasteiger partial charge is 0.255 e. The molecule has 0 radical (unpaired) electrons. The van der Waals surface area contributed by atoms with Gasteiger partial charge in [0.25, 0.3) is 5.56 Å². The van der Waals surface area contributed by atoms with Gasteiger partial charge in [-0.15, -0.1) is 0 Å². The van der Waals surface area contributed by atoms with Gasteiger partial charge >= 0.3 is 0 Å². The van der Waals surface area contributed by atoms with Crippen molar-refractivity contribution in [2.24, 2.45) is 0 Å². The highest BCUT2D eigenvalue weighted by molar-refractivity contribution is 7.79. The molecule has 2 rings (SSSR count). The molecule has 17 heavy (non-hydrogen) atoms. The minimum Gasteiger partial charge on any atom is -0.376 e. The van der Waals surface area contributed by atoms with Crippen molar-refractivity contribution in [3.8, 4) is 0 Å². The lowest BCUT2D eigenvalue weighted by molar-refractivity contribution is 0.0956. The molecule has 0 N–H and O–H groups in total. The maximum absolute atomic E-state index is 12.3. The van der Waals surface area contributed by atoms with Crippen molar-refractivity contribution in [3.63, 3.8) is 0 Å². The Morgan fingerprint density at radius 1 is 1.53 bits per heavy atom. The highest BCUT2D eigenvalue weighted by Crippen LogP contribution is 2.15. The average Bonchev–Trinajstić information content (AvgIpc) is 2.77. The summed E-state index contributed by atoms with van der Waals surface area (Å²) in [5.41, 5.74) is 2.93. The Bertz CT molecular complexity index is 461. The molecular weight excluding hydrogens is 234 g/mol. The van der Waals surface area contributed by atoms with Crippen LogP contribution >= 0.6 is 12.6 Å². The van der Waals surface area contributed by atoms with Gasteiger partial charge in [0.1, 0.15) is 0 Å². The lowest BCUT2D eigenvalue weighted by Crippen LogP contribution is -2.30. The second-order valence-corrected chi connectivity index (χ2v) is 4.97. The molecule has 1 aromatic rings. The van der Waals surface area contributed by atoms with E-state index in [4.69, 9.17) is 4.74 Å². The van der Waals surface area contributed by atoms with Crippen molar-refractivity contribution in [1.82, 2.24) is 4.57 Å². The maximum Gasteiger partial charge on any atom is 0.255 e. The van der Waals surface area contributed by atoms with E-state index in [0.29, 0.717) is 12.3 Å². The molecule has 0 spiro atoms. The molecule has 1 aliphatic rings.